The maximum atomic E-state index is 10.9. The Morgan fingerprint density at radius 1 is 1.22 bits per heavy atom. The van der Waals surface area contributed by atoms with E-state index >= 15 is 0 Å². The maximum absolute atomic E-state index is 10.9. The molecule has 0 heterocycles. The van der Waals surface area contributed by atoms with E-state index in [1.54, 1.807) is 6.07 Å². The van der Waals surface area contributed by atoms with Gasteiger partial charge in [-0.15, -0.1) is 0 Å². The van der Waals surface area contributed by atoms with E-state index in [4.69, 9.17) is 0 Å². The van der Waals surface area contributed by atoms with Gasteiger partial charge in [0.25, 0.3) is 0 Å². The van der Waals surface area contributed by atoms with E-state index in [-0.39, 0.29) is 18.0 Å². The molecule has 122 valence electrons. The number of aromatic hydroxyl groups is 1. The molecule has 23 heavy (non-hydrogen) atoms. The van der Waals surface area contributed by atoms with Crippen LogP contribution in [0.4, 0.5) is 5.69 Å². The Kier molecular flexibility index (Phi) is 5.31. The topological polar surface area (TPSA) is 95.6 Å². The standard InChI is InChI=1S/C17H20N2O4/c1-2-17(12-20,14-6-4-3-5-7-14)18-11-13-8-9-16(21)15(10-13)19(22)23/h3-10,18,20-21H,2,11-12H2,1H3/t17-/m0/s1. The molecule has 0 aromatic heterocycles. The second-order valence-corrected chi connectivity index (χ2v) is 5.39. The predicted octanol–water partition coefficient (Wildman–Crippen LogP) is 2.69. The summed E-state index contributed by atoms with van der Waals surface area (Å²) in [4.78, 5) is 10.3. The van der Waals surface area contributed by atoms with E-state index in [1.807, 2.05) is 37.3 Å². The molecule has 2 aromatic carbocycles. The molecule has 0 unspecified atom stereocenters. The molecule has 0 aliphatic rings. The van der Waals surface area contributed by atoms with Crippen molar-refractivity contribution in [2.75, 3.05) is 6.61 Å². The second-order valence-electron chi connectivity index (χ2n) is 5.39. The number of rotatable bonds is 7. The number of nitro benzene ring substituents is 1. The Morgan fingerprint density at radius 2 is 1.91 bits per heavy atom. The molecular formula is C17H20N2O4. The first-order valence-corrected chi connectivity index (χ1v) is 7.40. The van der Waals surface area contributed by atoms with Gasteiger partial charge in [0, 0.05) is 12.6 Å². The van der Waals surface area contributed by atoms with E-state index in [0.717, 1.165) is 5.56 Å². The highest BCUT2D eigenvalue weighted by Gasteiger charge is 2.29. The summed E-state index contributed by atoms with van der Waals surface area (Å²) in [6, 6.07) is 13.9. The van der Waals surface area contributed by atoms with Gasteiger partial charge in [0.1, 0.15) is 0 Å². The molecule has 0 amide bonds. The Bertz CT molecular complexity index is 670. The van der Waals surface area contributed by atoms with Gasteiger partial charge in [0.05, 0.1) is 17.1 Å². The molecular weight excluding hydrogens is 296 g/mol. The molecule has 2 aromatic rings. The van der Waals surface area contributed by atoms with E-state index in [0.29, 0.717) is 18.5 Å². The Hall–Kier alpha value is -2.44. The molecule has 6 nitrogen and oxygen atoms in total. The lowest BCUT2D eigenvalue weighted by Gasteiger charge is -2.33. The molecule has 0 saturated heterocycles. The Morgan fingerprint density at radius 3 is 2.48 bits per heavy atom. The summed E-state index contributed by atoms with van der Waals surface area (Å²) in [7, 11) is 0. The van der Waals surface area contributed by atoms with Gasteiger partial charge in [0.15, 0.2) is 5.75 Å². The van der Waals surface area contributed by atoms with Crippen LogP contribution in [0.5, 0.6) is 5.75 Å². The molecule has 1 atom stereocenters. The molecule has 0 aliphatic heterocycles. The van der Waals surface area contributed by atoms with Gasteiger partial charge < -0.3 is 15.5 Å². The predicted molar refractivity (Wildman–Crippen MR) is 87.1 cm³/mol. The number of benzene rings is 2. The number of nitro groups is 1. The van der Waals surface area contributed by atoms with Gasteiger partial charge in [-0.25, -0.2) is 0 Å². The molecule has 6 heteroatoms. The third-order valence-corrected chi connectivity index (χ3v) is 4.07. The largest absolute Gasteiger partial charge is 0.502 e. The summed E-state index contributed by atoms with van der Waals surface area (Å²) < 4.78 is 0. The SMILES string of the molecule is CC[C@@](CO)(NCc1ccc(O)c([N+](=O)[O-])c1)c1ccccc1. The van der Waals surface area contributed by atoms with E-state index < -0.39 is 10.5 Å². The minimum absolute atomic E-state index is 0.0896. The molecule has 0 fully saturated rings. The van der Waals surface area contributed by atoms with Gasteiger partial charge in [-0.2, -0.15) is 0 Å². The van der Waals surface area contributed by atoms with Crippen LogP contribution in [0, 0.1) is 10.1 Å². The molecule has 0 spiro atoms. The van der Waals surface area contributed by atoms with Crippen molar-refractivity contribution >= 4 is 5.69 Å². The first kappa shape index (κ1) is 16.9. The summed E-state index contributed by atoms with van der Waals surface area (Å²) in [5.74, 6) is -0.356. The lowest BCUT2D eigenvalue weighted by molar-refractivity contribution is -0.385. The smallest absolute Gasteiger partial charge is 0.311 e. The minimum atomic E-state index is -0.617. The number of nitrogens with one attached hydrogen (secondary N) is 1. The summed E-state index contributed by atoms with van der Waals surface area (Å²) >= 11 is 0. The minimum Gasteiger partial charge on any atom is -0.502 e. The van der Waals surface area contributed by atoms with Gasteiger partial charge in [-0.3, -0.25) is 10.1 Å². The second kappa shape index (κ2) is 7.21. The molecule has 3 N–H and O–H groups in total. The highest BCUT2D eigenvalue weighted by Crippen LogP contribution is 2.28. The van der Waals surface area contributed by atoms with Crippen LogP contribution in [-0.4, -0.2) is 21.7 Å². The zero-order valence-corrected chi connectivity index (χ0v) is 12.9. The van der Waals surface area contributed by atoms with Crippen LogP contribution in [0.25, 0.3) is 0 Å². The average molecular weight is 316 g/mol. The van der Waals surface area contributed by atoms with Crippen LogP contribution in [0.3, 0.4) is 0 Å². The molecule has 2 rings (SSSR count). The van der Waals surface area contributed by atoms with Crippen LogP contribution in [0.2, 0.25) is 0 Å². The molecule has 0 aliphatic carbocycles. The number of nitrogens with zero attached hydrogens (tertiary/aromatic N) is 1. The highest BCUT2D eigenvalue weighted by atomic mass is 16.6. The fraction of sp³-hybridized carbons (Fsp3) is 0.294. The molecule has 0 radical (unpaired) electrons. The number of hydrogen-bond donors (Lipinski definition) is 3. The van der Waals surface area contributed by atoms with Crippen molar-refractivity contribution in [2.24, 2.45) is 0 Å². The van der Waals surface area contributed by atoms with E-state index in [2.05, 4.69) is 5.32 Å². The highest BCUT2D eigenvalue weighted by molar-refractivity contribution is 5.47. The first-order valence-electron chi connectivity index (χ1n) is 7.40. The zero-order valence-electron chi connectivity index (χ0n) is 12.9. The summed E-state index contributed by atoms with van der Waals surface area (Å²) in [6.07, 6.45) is 0.660. The fourth-order valence-electron chi connectivity index (χ4n) is 2.54. The number of aliphatic hydroxyl groups is 1. The van der Waals surface area contributed by atoms with Crippen molar-refractivity contribution in [3.63, 3.8) is 0 Å². The van der Waals surface area contributed by atoms with Crippen molar-refractivity contribution in [2.45, 2.75) is 25.4 Å². The van der Waals surface area contributed by atoms with Gasteiger partial charge >= 0.3 is 5.69 Å². The van der Waals surface area contributed by atoms with E-state index in [1.165, 1.54) is 12.1 Å². The lowest BCUT2D eigenvalue weighted by atomic mass is 9.87. The van der Waals surface area contributed by atoms with Gasteiger partial charge in [-0.1, -0.05) is 43.3 Å². The van der Waals surface area contributed by atoms with Crippen molar-refractivity contribution in [1.82, 2.24) is 5.32 Å². The van der Waals surface area contributed by atoms with Gasteiger partial charge in [-0.05, 0) is 23.6 Å². The summed E-state index contributed by atoms with van der Waals surface area (Å²) in [5.41, 5.74) is 0.679. The van der Waals surface area contributed by atoms with Crippen LogP contribution >= 0.6 is 0 Å². The Balaban J connectivity index is 2.23. The van der Waals surface area contributed by atoms with Crippen molar-refractivity contribution in [3.8, 4) is 5.75 Å². The third kappa shape index (κ3) is 3.67. The maximum Gasteiger partial charge on any atom is 0.311 e. The summed E-state index contributed by atoms with van der Waals surface area (Å²) in [6.45, 7) is 2.22. The zero-order chi connectivity index (χ0) is 16.9. The monoisotopic (exact) mass is 316 g/mol. The van der Waals surface area contributed by atoms with Crippen molar-refractivity contribution < 1.29 is 15.1 Å². The van der Waals surface area contributed by atoms with Crippen LogP contribution in [0.1, 0.15) is 24.5 Å². The Labute approximate surface area is 134 Å². The number of phenolic OH excluding ortho intramolecular Hbond substituents is 1. The average Bonchev–Trinajstić information content (AvgIpc) is 2.58. The lowest BCUT2D eigenvalue weighted by Crippen LogP contribution is -2.44. The van der Waals surface area contributed by atoms with Crippen molar-refractivity contribution in [1.29, 1.82) is 0 Å². The molecule has 0 saturated carbocycles. The van der Waals surface area contributed by atoms with Crippen molar-refractivity contribution in [3.05, 3.63) is 69.8 Å². The number of hydrogen-bond acceptors (Lipinski definition) is 5. The number of phenols is 1. The quantitative estimate of drug-likeness (QED) is 0.539. The van der Waals surface area contributed by atoms with Crippen LogP contribution in [0.15, 0.2) is 48.5 Å². The van der Waals surface area contributed by atoms with E-state index in [9.17, 15) is 20.3 Å². The van der Waals surface area contributed by atoms with Crippen LogP contribution in [-0.2, 0) is 12.1 Å². The summed E-state index contributed by atoms with van der Waals surface area (Å²) in [5, 5.41) is 33.6. The van der Waals surface area contributed by atoms with Crippen LogP contribution < -0.4 is 5.32 Å². The fourth-order valence-corrected chi connectivity index (χ4v) is 2.54. The first-order chi connectivity index (χ1) is 11.0. The molecule has 0 bridgehead atoms. The number of aliphatic hydroxyl groups excluding tert-OH is 1. The normalized spacial score (nSPS) is 13.5. The van der Waals surface area contributed by atoms with Gasteiger partial charge in [0.2, 0.25) is 0 Å². The third-order valence-electron chi connectivity index (χ3n) is 4.07.